The third kappa shape index (κ3) is 14.3. The molecule has 0 heterocycles. The second-order valence-corrected chi connectivity index (χ2v) is 9.30. The molecule has 11 heteroatoms. The quantitative estimate of drug-likeness (QED) is 0.105. The highest BCUT2D eigenvalue weighted by Crippen LogP contribution is 2.06. The number of carbonyl (C=O) groups excluding carboxylic acids is 3. The Morgan fingerprint density at radius 1 is 1.03 bits per heavy atom. The van der Waals surface area contributed by atoms with Crippen LogP contribution in [0.15, 0.2) is 0 Å². The molecule has 1 atom stereocenters. The molecule has 190 valence electrons. The molecule has 0 bridgehead atoms. The minimum atomic E-state index is -1.17. The zero-order valence-electron chi connectivity index (χ0n) is 20.9. The zero-order chi connectivity index (χ0) is 25.7. The van der Waals surface area contributed by atoms with Gasteiger partial charge in [0.1, 0.15) is 12.1 Å². The lowest BCUT2D eigenvalue weighted by atomic mass is 10.0. The number of aliphatic carboxylic acids is 1. The maximum atomic E-state index is 12.4. The van der Waals surface area contributed by atoms with Gasteiger partial charge < -0.3 is 25.2 Å². The lowest BCUT2D eigenvalue weighted by molar-refractivity contribution is -0.567. The van der Waals surface area contributed by atoms with E-state index in [9.17, 15) is 24.3 Å². The summed E-state index contributed by atoms with van der Waals surface area (Å²) in [5, 5.41) is 17.5. The van der Waals surface area contributed by atoms with Gasteiger partial charge in [-0.15, -0.1) is 0 Å². The van der Waals surface area contributed by atoms with Crippen LogP contribution in [0.4, 0.5) is 0 Å². The number of nitrogens with zero attached hydrogens (tertiary/aromatic N) is 1. The second-order valence-electron chi connectivity index (χ2n) is 9.30. The van der Waals surface area contributed by atoms with Crippen molar-refractivity contribution in [2.24, 2.45) is 0 Å². The van der Waals surface area contributed by atoms with E-state index in [0.29, 0.717) is 6.61 Å². The van der Waals surface area contributed by atoms with Gasteiger partial charge in [0.05, 0.1) is 32.4 Å². The molecule has 0 aliphatic heterocycles. The molecule has 33 heavy (non-hydrogen) atoms. The molecule has 0 aromatic carbocycles. The average Bonchev–Trinajstić information content (AvgIpc) is 2.67. The smallest absolute Gasteiger partial charge is 0.348 e. The zero-order valence-corrected chi connectivity index (χ0v) is 20.9. The van der Waals surface area contributed by atoms with Crippen LogP contribution in [0, 0.1) is 0 Å². The Balaban J connectivity index is 4.39. The number of ether oxygens (including phenoxy) is 2. The summed E-state index contributed by atoms with van der Waals surface area (Å²) < 4.78 is 12.2. The molecule has 0 aromatic heterocycles. The van der Waals surface area contributed by atoms with E-state index in [-0.39, 0.29) is 56.4 Å². The molecule has 4 N–H and O–H groups in total. The summed E-state index contributed by atoms with van der Waals surface area (Å²) in [5.74, 6) is -1.94. The number of Topliss-reactive ketones (excluding diaryl/α,β-unsaturated/α-hetero) is 1. The van der Waals surface area contributed by atoms with Crippen molar-refractivity contribution in [1.82, 2.24) is 16.0 Å². The van der Waals surface area contributed by atoms with Gasteiger partial charge in [0.15, 0.2) is 11.8 Å². The van der Waals surface area contributed by atoms with Crippen LogP contribution >= 0.6 is 0 Å². The minimum absolute atomic E-state index is 0.0451. The highest BCUT2D eigenvalue weighted by Gasteiger charge is 2.30. The largest absolute Gasteiger partial charge is 0.478 e. The number of carboxylic acids is 1. The number of rotatable bonds is 16. The predicted molar refractivity (Wildman–Crippen MR) is 123 cm³/mol. The van der Waals surface area contributed by atoms with Crippen LogP contribution in [-0.2, 0) is 28.7 Å². The standard InChI is InChI=1S/C22H40N4O7/c1-16(27)14-33-13-12-32-11-10-23-20(31)22(5,6)25-18(28)9-8-17(19(29)30)24-15-26(7)21(2,3)4/h15,17H,8-14H2,1-7H3,(H3,23,25,28,29,30,31)/p+1. The Hall–Kier alpha value is -2.53. The van der Waals surface area contributed by atoms with E-state index in [1.807, 2.05) is 32.4 Å². The van der Waals surface area contributed by atoms with Crippen LogP contribution in [-0.4, -0.2) is 96.7 Å². The van der Waals surface area contributed by atoms with E-state index in [4.69, 9.17) is 9.47 Å². The fourth-order valence-corrected chi connectivity index (χ4v) is 2.31. The van der Waals surface area contributed by atoms with Crippen LogP contribution in [0.1, 0.15) is 54.4 Å². The van der Waals surface area contributed by atoms with Crippen LogP contribution in [0.5, 0.6) is 0 Å². The van der Waals surface area contributed by atoms with Gasteiger partial charge >= 0.3 is 5.97 Å². The van der Waals surface area contributed by atoms with Gasteiger partial charge in [0, 0.05) is 19.4 Å². The lowest BCUT2D eigenvalue weighted by Gasteiger charge is -2.25. The van der Waals surface area contributed by atoms with Gasteiger partial charge in [-0.05, 0) is 41.5 Å². The maximum Gasteiger partial charge on any atom is 0.348 e. The summed E-state index contributed by atoms with van der Waals surface area (Å²) in [6.45, 7) is 11.6. The first-order chi connectivity index (χ1) is 15.2. The Morgan fingerprint density at radius 3 is 2.18 bits per heavy atom. The normalized spacial score (nSPS) is 13.2. The summed E-state index contributed by atoms with van der Waals surface area (Å²) in [4.78, 5) is 46.9. The molecular formula is C22H41N4O7+. The summed E-state index contributed by atoms with van der Waals surface area (Å²) in [6, 6.07) is -0.936. The number of ketones is 1. The van der Waals surface area contributed by atoms with Crippen LogP contribution < -0.4 is 16.0 Å². The number of hydrogen-bond acceptors (Lipinski definition) is 6. The Kier molecular flexibility index (Phi) is 13.5. The molecule has 2 amide bonds. The van der Waals surface area contributed by atoms with Gasteiger partial charge in [0.25, 0.3) is 0 Å². The first kappa shape index (κ1) is 30.5. The van der Waals surface area contributed by atoms with Crippen molar-refractivity contribution < 1.29 is 38.3 Å². The summed E-state index contributed by atoms with van der Waals surface area (Å²) in [6.07, 6.45) is 1.59. The number of hydrogen-bond donors (Lipinski definition) is 4. The third-order valence-electron chi connectivity index (χ3n) is 4.71. The molecule has 0 aliphatic carbocycles. The molecule has 0 radical (unpaired) electrons. The molecule has 0 aliphatic rings. The van der Waals surface area contributed by atoms with Gasteiger partial charge in [-0.3, -0.25) is 24.3 Å². The van der Waals surface area contributed by atoms with Crippen molar-refractivity contribution in [3.8, 4) is 0 Å². The van der Waals surface area contributed by atoms with Crippen molar-refractivity contribution in [1.29, 1.82) is 0 Å². The molecule has 0 spiro atoms. The van der Waals surface area contributed by atoms with Crippen molar-refractivity contribution in [3.05, 3.63) is 0 Å². The van der Waals surface area contributed by atoms with E-state index < -0.39 is 23.5 Å². The Morgan fingerprint density at radius 2 is 1.64 bits per heavy atom. The minimum Gasteiger partial charge on any atom is -0.478 e. The third-order valence-corrected chi connectivity index (χ3v) is 4.71. The SMILES string of the molecule is CC(=O)COCCOCCNC(=O)C(C)(C)NC(=O)CCC(NC=[N+](C)C(C)(C)C)C(=O)O. The van der Waals surface area contributed by atoms with Gasteiger partial charge in [-0.2, -0.15) is 0 Å². The van der Waals surface area contributed by atoms with E-state index in [1.165, 1.54) is 6.92 Å². The first-order valence-electron chi connectivity index (χ1n) is 11.0. The fraction of sp³-hybridized carbons (Fsp3) is 0.773. The fourth-order valence-electron chi connectivity index (χ4n) is 2.31. The number of carboxylic acid groups (broad SMARTS) is 1. The van der Waals surface area contributed by atoms with Crippen molar-refractivity contribution in [2.75, 3.05) is 40.0 Å². The summed E-state index contributed by atoms with van der Waals surface area (Å²) >= 11 is 0. The van der Waals surface area contributed by atoms with Crippen LogP contribution in [0.25, 0.3) is 0 Å². The molecule has 0 rings (SSSR count). The monoisotopic (exact) mass is 473 g/mol. The van der Waals surface area contributed by atoms with E-state index in [0.717, 1.165) is 0 Å². The summed E-state index contributed by atoms with van der Waals surface area (Å²) in [5.41, 5.74) is -1.36. The molecular weight excluding hydrogens is 432 g/mol. The van der Waals surface area contributed by atoms with Gasteiger partial charge in [-0.25, -0.2) is 4.79 Å². The molecule has 0 fully saturated rings. The van der Waals surface area contributed by atoms with Crippen molar-refractivity contribution in [2.45, 2.75) is 71.5 Å². The molecule has 1 unspecified atom stereocenters. The van der Waals surface area contributed by atoms with Crippen molar-refractivity contribution >= 4 is 29.9 Å². The van der Waals surface area contributed by atoms with Crippen LogP contribution in [0.2, 0.25) is 0 Å². The highest BCUT2D eigenvalue weighted by molar-refractivity contribution is 5.90. The van der Waals surface area contributed by atoms with E-state index in [1.54, 1.807) is 20.2 Å². The molecule has 0 saturated heterocycles. The molecule has 11 nitrogen and oxygen atoms in total. The Labute approximate surface area is 196 Å². The van der Waals surface area contributed by atoms with E-state index >= 15 is 0 Å². The second kappa shape index (κ2) is 14.6. The van der Waals surface area contributed by atoms with Gasteiger partial charge in [-0.1, -0.05) is 0 Å². The van der Waals surface area contributed by atoms with Crippen LogP contribution in [0.3, 0.4) is 0 Å². The average molecular weight is 474 g/mol. The summed E-state index contributed by atoms with van der Waals surface area (Å²) in [7, 11) is 1.83. The predicted octanol–water partition coefficient (Wildman–Crippen LogP) is -0.0883. The topological polar surface area (TPSA) is 146 Å². The number of carbonyl (C=O) groups is 4. The molecule has 0 aromatic rings. The number of nitrogens with one attached hydrogen (secondary N) is 3. The van der Waals surface area contributed by atoms with Crippen molar-refractivity contribution in [3.63, 3.8) is 0 Å². The number of amides is 2. The van der Waals surface area contributed by atoms with E-state index in [2.05, 4.69) is 16.0 Å². The first-order valence-corrected chi connectivity index (χ1v) is 11.0. The highest BCUT2D eigenvalue weighted by atomic mass is 16.5. The lowest BCUT2D eigenvalue weighted by Crippen LogP contribution is -2.55. The molecule has 0 saturated carbocycles. The maximum absolute atomic E-state index is 12.4. The Bertz CT molecular complexity index is 699. The van der Waals surface area contributed by atoms with Gasteiger partial charge in [0.2, 0.25) is 18.2 Å².